The average Bonchev–Trinajstić information content (AvgIpc) is 2.70. The van der Waals surface area contributed by atoms with Gasteiger partial charge in [0.25, 0.3) is 5.56 Å². The molecule has 152 valence electrons. The maximum absolute atomic E-state index is 12.2. The number of hydrogen-bond acceptors (Lipinski definition) is 4. The van der Waals surface area contributed by atoms with Crippen molar-refractivity contribution >= 4 is 40.6 Å². The molecule has 2 aromatic rings. The van der Waals surface area contributed by atoms with E-state index in [1.807, 2.05) is 16.7 Å². The van der Waals surface area contributed by atoms with Gasteiger partial charge in [-0.1, -0.05) is 17.7 Å². The first-order valence-electron chi connectivity index (χ1n) is 9.68. The number of ether oxygens (including phenoxy) is 1. The Morgan fingerprint density at radius 3 is 2.90 bits per heavy atom. The lowest BCUT2D eigenvalue weighted by molar-refractivity contribution is 0.0526. The minimum Gasteiger partial charge on any atom is -0.462 e. The Labute approximate surface area is 179 Å². The highest BCUT2D eigenvalue weighted by Crippen LogP contribution is 2.35. The number of likely N-dealkylation sites (tertiary alicyclic amines) is 1. The van der Waals surface area contributed by atoms with Gasteiger partial charge in [0.15, 0.2) is 5.11 Å². The van der Waals surface area contributed by atoms with Crippen LogP contribution in [0.1, 0.15) is 35.3 Å². The smallest absolute Gasteiger partial charge is 0.339 e. The van der Waals surface area contributed by atoms with E-state index in [1.165, 1.54) is 0 Å². The summed E-state index contributed by atoms with van der Waals surface area (Å²) in [5, 5.41) is 4.17. The molecule has 2 bridgehead atoms. The molecule has 0 aliphatic carbocycles. The van der Waals surface area contributed by atoms with E-state index in [0.29, 0.717) is 27.3 Å². The van der Waals surface area contributed by atoms with Crippen molar-refractivity contribution in [1.82, 2.24) is 9.47 Å². The number of hydrogen-bond donors (Lipinski definition) is 1. The molecule has 8 heteroatoms. The van der Waals surface area contributed by atoms with Crippen LogP contribution in [0.4, 0.5) is 5.69 Å². The van der Waals surface area contributed by atoms with E-state index in [-0.39, 0.29) is 18.1 Å². The highest BCUT2D eigenvalue weighted by Gasteiger charge is 2.35. The standard InChI is InChI=1S/C21H22ClN3O3S/c1-2-28-20(27)16-9-15(6-7-17(16)22)23-21(29)24-10-13-8-14(12-24)18-4-3-5-19(26)25(18)11-13/h3-7,9,13-14H,2,8,10-12H2,1H3,(H,23,29). The van der Waals surface area contributed by atoms with Crippen LogP contribution in [0.2, 0.25) is 5.02 Å². The summed E-state index contributed by atoms with van der Waals surface area (Å²) < 4.78 is 6.96. The number of carbonyl (C=O) groups excluding carboxylic acids is 1. The lowest BCUT2D eigenvalue weighted by atomic mass is 9.83. The van der Waals surface area contributed by atoms with Crippen molar-refractivity contribution in [1.29, 1.82) is 0 Å². The van der Waals surface area contributed by atoms with Gasteiger partial charge in [-0.2, -0.15) is 0 Å². The molecule has 1 saturated heterocycles. The van der Waals surface area contributed by atoms with Gasteiger partial charge in [0, 0.05) is 43.0 Å². The molecule has 3 heterocycles. The van der Waals surface area contributed by atoms with E-state index < -0.39 is 5.97 Å². The second-order valence-corrected chi connectivity index (χ2v) is 8.24. The maximum Gasteiger partial charge on any atom is 0.339 e. The average molecular weight is 432 g/mol. The molecule has 0 radical (unpaired) electrons. The maximum atomic E-state index is 12.2. The van der Waals surface area contributed by atoms with Crippen molar-refractivity contribution in [3.05, 3.63) is 63.0 Å². The topological polar surface area (TPSA) is 63.6 Å². The fourth-order valence-electron chi connectivity index (χ4n) is 4.23. The predicted molar refractivity (Wildman–Crippen MR) is 117 cm³/mol. The minimum atomic E-state index is -0.457. The molecule has 0 spiro atoms. The molecule has 1 aromatic carbocycles. The molecule has 0 amide bonds. The molecule has 1 aromatic heterocycles. The Balaban J connectivity index is 1.50. The number of rotatable bonds is 3. The van der Waals surface area contributed by atoms with Crippen LogP contribution in [0.15, 0.2) is 41.2 Å². The molecule has 2 aliphatic rings. The van der Waals surface area contributed by atoms with Crippen LogP contribution in [-0.2, 0) is 11.3 Å². The Kier molecular flexibility index (Phi) is 5.61. The van der Waals surface area contributed by atoms with Crippen molar-refractivity contribution in [3.63, 3.8) is 0 Å². The van der Waals surface area contributed by atoms with E-state index in [9.17, 15) is 9.59 Å². The Morgan fingerprint density at radius 1 is 1.28 bits per heavy atom. The lowest BCUT2D eigenvalue weighted by Gasteiger charge is -2.43. The first-order valence-corrected chi connectivity index (χ1v) is 10.5. The number of piperidine rings is 1. The molecule has 2 unspecified atom stereocenters. The van der Waals surface area contributed by atoms with Crippen molar-refractivity contribution in [3.8, 4) is 0 Å². The number of fused-ring (bicyclic) bond motifs is 4. The van der Waals surface area contributed by atoms with Gasteiger partial charge in [0.05, 0.1) is 17.2 Å². The fraction of sp³-hybridized carbons (Fsp3) is 0.381. The SMILES string of the molecule is CCOC(=O)c1cc(NC(=S)N2CC3CC(C2)c2cccc(=O)n2C3)ccc1Cl. The summed E-state index contributed by atoms with van der Waals surface area (Å²) in [6, 6.07) is 10.6. The highest BCUT2D eigenvalue weighted by molar-refractivity contribution is 7.80. The summed E-state index contributed by atoms with van der Waals surface area (Å²) >= 11 is 11.8. The number of anilines is 1. The Morgan fingerprint density at radius 2 is 2.10 bits per heavy atom. The number of carbonyl (C=O) groups is 1. The van der Waals surface area contributed by atoms with Crippen LogP contribution >= 0.6 is 23.8 Å². The number of aromatic nitrogens is 1. The Bertz CT molecular complexity index is 1020. The summed E-state index contributed by atoms with van der Waals surface area (Å²) in [7, 11) is 0. The summed E-state index contributed by atoms with van der Waals surface area (Å²) in [6.07, 6.45) is 1.07. The molecular formula is C21H22ClN3O3S. The van der Waals surface area contributed by atoms with Crippen LogP contribution < -0.4 is 10.9 Å². The molecule has 4 rings (SSSR count). The molecule has 2 aliphatic heterocycles. The van der Waals surface area contributed by atoms with Crippen LogP contribution in [0, 0.1) is 5.92 Å². The normalized spacial score (nSPS) is 20.0. The van der Waals surface area contributed by atoms with Crippen molar-refractivity contribution < 1.29 is 9.53 Å². The summed E-state index contributed by atoms with van der Waals surface area (Å²) in [5.41, 5.74) is 2.15. The third kappa shape index (κ3) is 4.02. The Hall–Kier alpha value is -2.38. The molecule has 2 atom stereocenters. The van der Waals surface area contributed by atoms with Crippen LogP contribution in [-0.4, -0.2) is 40.2 Å². The number of benzene rings is 1. The van der Waals surface area contributed by atoms with Crippen molar-refractivity contribution in [2.24, 2.45) is 5.92 Å². The number of esters is 1. The summed E-state index contributed by atoms with van der Waals surface area (Å²) in [6.45, 7) is 4.30. The number of halogens is 1. The third-order valence-corrected chi connectivity index (χ3v) is 6.17. The van der Waals surface area contributed by atoms with Gasteiger partial charge in [-0.25, -0.2) is 4.79 Å². The van der Waals surface area contributed by atoms with E-state index in [4.69, 9.17) is 28.6 Å². The zero-order valence-electron chi connectivity index (χ0n) is 16.1. The van der Waals surface area contributed by atoms with Gasteiger partial charge in [-0.05, 0) is 55.7 Å². The van der Waals surface area contributed by atoms with Crippen LogP contribution in [0.3, 0.4) is 0 Å². The number of nitrogens with zero attached hydrogens (tertiary/aromatic N) is 2. The largest absolute Gasteiger partial charge is 0.462 e. The zero-order chi connectivity index (χ0) is 20.5. The van der Waals surface area contributed by atoms with E-state index in [0.717, 1.165) is 31.7 Å². The quantitative estimate of drug-likeness (QED) is 0.592. The lowest BCUT2D eigenvalue weighted by Crippen LogP contribution is -2.50. The van der Waals surface area contributed by atoms with Gasteiger partial charge in [0.1, 0.15) is 0 Å². The van der Waals surface area contributed by atoms with Crippen molar-refractivity contribution in [2.45, 2.75) is 25.8 Å². The predicted octanol–water partition coefficient (Wildman–Crippen LogP) is 3.49. The first kappa shape index (κ1) is 19.9. The third-order valence-electron chi connectivity index (χ3n) is 5.48. The molecule has 0 saturated carbocycles. The van der Waals surface area contributed by atoms with Gasteiger partial charge >= 0.3 is 5.97 Å². The van der Waals surface area contributed by atoms with Crippen LogP contribution in [0.25, 0.3) is 0 Å². The second kappa shape index (κ2) is 8.16. The molecule has 1 fully saturated rings. The van der Waals surface area contributed by atoms with Gasteiger partial charge in [0.2, 0.25) is 0 Å². The summed E-state index contributed by atoms with van der Waals surface area (Å²) in [4.78, 5) is 26.4. The van der Waals surface area contributed by atoms with Crippen LogP contribution in [0.5, 0.6) is 0 Å². The molecule has 29 heavy (non-hydrogen) atoms. The van der Waals surface area contributed by atoms with Gasteiger partial charge < -0.3 is 19.5 Å². The zero-order valence-corrected chi connectivity index (χ0v) is 17.6. The van der Waals surface area contributed by atoms with E-state index >= 15 is 0 Å². The number of thiocarbonyl (C=S) groups is 1. The summed E-state index contributed by atoms with van der Waals surface area (Å²) in [5.74, 6) is 0.194. The number of pyridine rings is 1. The molecular weight excluding hydrogens is 410 g/mol. The van der Waals surface area contributed by atoms with E-state index in [2.05, 4.69) is 10.2 Å². The first-order chi connectivity index (χ1) is 14.0. The fourth-order valence-corrected chi connectivity index (χ4v) is 4.69. The second-order valence-electron chi connectivity index (χ2n) is 7.45. The number of nitrogens with one attached hydrogen (secondary N) is 1. The molecule has 6 nitrogen and oxygen atoms in total. The van der Waals surface area contributed by atoms with Gasteiger partial charge in [-0.15, -0.1) is 0 Å². The monoisotopic (exact) mass is 431 g/mol. The highest BCUT2D eigenvalue weighted by atomic mass is 35.5. The van der Waals surface area contributed by atoms with E-state index in [1.54, 1.807) is 31.2 Å². The minimum absolute atomic E-state index is 0.0685. The van der Waals surface area contributed by atoms with Crippen molar-refractivity contribution in [2.75, 3.05) is 25.0 Å². The molecule has 1 N–H and O–H groups in total. The van der Waals surface area contributed by atoms with Gasteiger partial charge in [-0.3, -0.25) is 4.79 Å².